The molecule has 0 aromatic heterocycles. The van der Waals surface area contributed by atoms with E-state index in [0.29, 0.717) is 12.6 Å². The minimum atomic E-state index is -0.418. The predicted molar refractivity (Wildman–Crippen MR) is 94.9 cm³/mol. The Morgan fingerprint density at radius 3 is 2.92 bits per heavy atom. The van der Waals surface area contributed by atoms with Gasteiger partial charge in [0.25, 0.3) is 0 Å². The Kier molecular flexibility index (Phi) is 5.37. The standard InChI is InChI=1S/C19H26FN3O2/c1-3-22-8-4-5-15(22)11-21-19(25)14-10-18(24)23(12-14)17-7-6-13(2)9-16(17)20/h6-7,9,14-15H,3-5,8,10-12H2,1-2H3,(H,21,25)/t14-,15-/m1/s1. The lowest BCUT2D eigenvalue weighted by molar-refractivity contribution is -0.126. The maximum Gasteiger partial charge on any atom is 0.227 e. The largest absolute Gasteiger partial charge is 0.354 e. The molecule has 2 amide bonds. The van der Waals surface area contributed by atoms with Gasteiger partial charge in [0.1, 0.15) is 5.82 Å². The van der Waals surface area contributed by atoms with Gasteiger partial charge in [0.05, 0.1) is 11.6 Å². The maximum atomic E-state index is 14.1. The fourth-order valence-corrected chi connectivity index (χ4v) is 3.85. The van der Waals surface area contributed by atoms with Gasteiger partial charge in [-0.25, -0.2) is 4.39 Å². The van der Waals surface area contributed by atoms with Gasteiger partial charge in [0.2, 0.25) is 11.8 Å². The molecular weight excluding hydrogens is 321 g/mol. The summed E-state index contributed by atoms with van der Waals surface area (Å²) in [6, 6.07) is 5.19. The van der Waals surface area contributed by atoms with Gasteiger partial charge in [-0.15, -0.1) is 0 Å². The van der Waals surface area contributed by atoms with E-state index in [1.165, 1.54) is 11.0 Å². The highest BCUT2D eigenvalue weighted by Gasteiger charge is 2.36. The van der Waals surface area contributed by atoms with Crippen LogP contribution >= 0.6 is 0 Å². The van der Waals surface area contributed by atoms with Crippen molar-refractivity contribution in [1.82, 2.24) is 10.2 Å². The Hall–Kier alpha value is -1.95. The number of hydrogen-bond donors (Lipinski definition) is 1. The lowest BCUT2D eigenvalue weighted by atomic mass is 10.1. The molecule has 0 bridgehead atoms. The van der Waals surface area contributed by atoms with Crippen molar-refractivity contribution in [3.63, 3.8) is 0 Å². The third kappa shape index (κ3) is 3.84. The Labute approximate surface area is 148 Å². The van der Waals surface area contributed by atoms with Gasteiger partial charge in [0.15, 0.2) is 0 Å². The van der Waals surface area contributed by atoms with Crippen LogP contribution in [0.25, 0.3) is 0 Å². The first kappa shape index (κ1) is 17.9. The summed E-state index contributed by atoms with van der Waals surface area (Å²) in [5.74, 6) is -1.13. The number of rotatable bonds is 5. The van der Waals surface area contributed by atoms with E-state index in [0.717, 1.165) is 31.5 Å². The van der Waals surface area contributed by atoms with Crippen molar-refractivity contribution < 1.29 is 14.0 Å². The summed E-state index contributed by atoms with van der Waals surface area (Å²) in [7, 11) is 0. The molecule has 6 heteroatoms. The molecule has 1 aromatic carbocycles. The first-order valence-corrected chi connectivity index (χ1v) is 9.08. The van der Waals surface area contributed by atoms with Crippen molar-refractivity contribution in [1.29, 1.82) is 0 Å². The number of carbonyl (C=O) groups excluding carboxylic acids is 2. The van der Waals surface area contributed by atoms with Crippen LogP contribution in [0.1, 0.15) is 31.7 Å². The molecule has 1 aromatic rings. The average Bonchev–Trinajstić information content (AvgIpc) is 3.19. The minimum absolute atomic E-state index is 0.105. The summed E-state index contributed by atoms with van der Waals surface area (Å²) in [6.45, 7) is 6.87. The van der Waals surface area contributed by atoms with Crippen LogP contribution in [0.2, 0.25) is 0 Å². The lowest BCUT2D eigenvalue weighted by Crippen LogP contribution is -2.42. The van der Waals surface area contributed by atoms with Gasteiger partial charge >= 0.3 is 0 Å². The third-order valence-corrected chi connectivity index (χ3v) is 5.31. The van der Waals surface area contributed by atoms with Crippen LogP contribution in [0.4, 0.5) is 10.1 Å². The number of likely N-dealkylation sites (N-methyl/N-ethyl adjacent to an activating group) is 1. The first-order chi connectivity index (χ1) is 12.0. The first-order valence-electron chi connectivity index (χ1n) is 9.08. The molecule has 0 saturated carbocycles. The summed E-state index contributed by atoms with van der Waals surface area (Å²) in [6.07, 6.45) is 2.40. The molecule has 25 heavy (non-hydrogen) atoms. The van der Waals surface area contributed by atoms with E-state index in [4.69, 9.17) is 0 Å². The Balaban J connectivity index is 1.59. The van der Waals surface area contributed by atoms with E-state index in [-0.39, 0.29) is 30.5 Å². The predicted octanol–water partition coefficient (Wildman–Crippen LogP) is 2.09. The number of halogens is 1. The van der Waals surface area contributed by atoms with Gasteiger partial charge in [-0.2, -0.15) is 0 Å². The molecule has 0 spiro atoms. The second-order valence-electron chi connectivity index (χ2n) is 7.03. The van der Waals surface area contributed by atoms with Crippen LogP contribution in [0.3, 0.4) is 0 Å². The third-order valence-electron chi connectivity index (χ3n) is 5.31. The molecular formula is C19H26FN3O2. The number of benzene rings is 1. The van der Waals surface area contributed by atoms with E-state index in [1.807, 2.05) is 0 Å². The highest BCUT2D eigenvalue weighted by Crippen LogP contribution is 2.28. The minimum Gasteiger partial charge on any atom is -0.354 e. The normalized spacial score (nSPS) is 24.1. The molecule has 1 N–H and O–H groups in total. The molecule has 2 aliphatic rings. The Morgan fingerprint density at radius 1 is 1.40 bits per heavy atom. The average molecular weight is 347 g/mol. The number of aryl methyl sites for hydroxylation is 1. The molecule has 5 nitrogen and oxygen atoms in total. The Bertz CT molecular complexity index is 664. The molecule has 0 unspecified atom stereocenters. The number of carbonyl (C=O) groups is 2. The summed E-state index contributed by atoms with van der Waals surface area (Å²) in [5.41, 5.74) is 1.07. The van der Waals surface area contributed by atoms with Crippen LogP contribution in [0.15, 0.2) is 18.2 Å². The molecule has 2 aliphatic heterocycles. The maximum absolute atomic E-state index is 14.1. The number of likely N-dealkylation sites (tertiary alicyclic amines) is 1. The smallest absolute Gasteiger partial charge is 0.227 e. The monoisotopic (exact) mass is 347 g/mol. The zero-order chi connectivity index (χ0) is 18.0. The lowest BCUT2D eigenvalue weighted by Gasteiger charge is -2.23. The van der Waals surface area contributed by atoms with Crippen molar-refractivity contribution in [3.05, 3.63) is 29.6 Å². The SMILES string of the molecule is CCN1CCC[C@@H]1CNC(=O)[C@@H]1CC(=O)N(c2ccc(C)cc2F)C1. The van der Waals surface area contributed by atoms with Gasteiger partial charge in [-0.05, 0) is 50.6 Å². The van der Waals surface area contributed by atoms with Crippen LogP contribution in [0.5, 0.6) is 0 Å². The van der Waals surface area contributed by atoms with Gasteiger partial charge < -0.3 is 10.2 Å². The van der Waals surface area contributed by atoms with E-state index >= 15 is 0 Å². The quantitative estimate of drug-likeness (QED) is 0.887. The number of anilines is 1. The molecule has 0 radical (unpaired) electrons. The molecule has 2 saturated heterocycles. The van der Waals surface area contributed by atoms with Crippen molar-refractivity contribution >= 4 is 17.5 Å². The van der Waals surface area contributed by atoms with Crippen LogP contribution in [-0.2, 0) is 9.59 Å². The summed E-state index contributed by atoms with van der Waals surface area (Å²) in [4.78, 5) is 28.5. The highest BCUT2D eigenvalue weighted by atomic mass is 19.1. The second kappa shape index (κ2) is 7.52. The van der Waals surface area contributed by atoms with Crippen molar-refractivity contribution in [2.75, 3.05) is 31.1 Å². The number of nitrogens with one attached hydrogen (secondary N) is 1. The number of amides is 2. The molecule has 2 atom stereocenters. The van der Waals surface area contributed by atoms with Gasteiger partial charge in [-0.1, -0.05) is 13.0 Å². The van der Waals surface area contributed by atoms with Crippen molar-refractivity contribution in [3.8, 4) is 0 Å². The number of nitrogens with zero attached hydrogens (tertiary/aromatic N) is 2. The molecule has 2 fully saturated rings. The Morgan fingerprint density at radius 2 is 2.20 bits per heavy atom. The number of hydrogen-bond acceptors (Lipinski definition) is 3. The zero-order valence-corrected chi connectivity index (χ0v) is 14.9. The van der Waals surface area contributed by atoms with Crippen molar-refractivity contribution in [2.45, 2.75) is 39.2 Å². The van der Waals surface area contributed by atoms with E-state index < -0.39 is 11.7 Å². The van der Waals surface area contributed by atoms with E-state index in [9.17, 15) is 14.0 Å². The summed E-state index contributed by atoms with van der Waals surface area (Å²) in [5, 5.41) is 2.99. The van der Waals surface area contributed by atoms with Crippen LogP contribution < -0.4 is 10.2 Å². The van der Waals surface area contributed by atoms with Gasteiger partial charge in [-0.3, -0.25) is 14.5 Å². The summed E-state index contributed by atoms with van der Waals surface area (Å²) < 4.78 is 14.1. The summed E-state index contributed by atoms with van der Waals surface area (Å²) >= 11 is 0. The van der Waals surface area contributed by atoms with Crippen LogP contribution in [-0.4, -0.2) is 48.9 Å². The molecule has 0 aliphatic carbocycles. The second-order valence-corrected chi connectivity index (χ2v) is 7.03. The highest BCUT2D eigenvalue weighted by molar-refractivity contribution is 6.00. The molecule has 2 heterocycles. The van der Waals surface area contributed by atoms with E-state index in [1.54, 1.807) is 19.1 Å². The molecule has 3 rings (SSSR count). The fraction of sp³-hybridized carbons (Fsp3) is 0.579. The van der Waals surface area contributed by atoms with Crippen LogP contribution in [0, 0.1) is 18.7 Å². The van der Waals surface area contributed by atoms with Crippen molar-refractivity contribution in [2.24, 2.45) is 5.92 Å². The van der Waals surface area contributed by atoms with E-state index in [2.05, 4.69) is 17.1 Å². The fourth-order valence-electron chi connectivity index (χ4n) is 3.85. The van der Waals surface area contributed by atoms with Gasteiger partial charge in [0, 0.05) is 25.6 Å². The molecule has 136 valence electrons. The topological polar surface area (TPSA) is 52.7 Å². The zero-order valence-electron chi connectivity index (χ0n) is 14.9.